The minimum atomic E-state index is -0.498. The minimum absolute atomic E-state index is 0.0412. The highest BCUT2D eigenvalue weighted by molar-refractivity contribution is 6.35. The number of aliphatic hydroxyl groups is 1. The summed E-state index contributed by atoms with van der Waals surface area (Å²) in [5.41, 5.74) is -0.498. The number of hydrogen-bond donors (Lipinski definition) is 2. The Bertz CT molecular complexity index is 502. The molecule has 2 rings (SSSR count). The van der Waals surface area contributed by atoms with E-state index in [1.807, 2.05) is 0 Å². The van der Waals surface area contributed by atoms with E-state index in [2.05, 4.69) is 5.32 Å². The average molecular weight is 332 g/mol. The number of ether oxygens (including phenoxy) is 1. The topological polar surface area (TPSA) is 58.6 Å². The minimum Gasteiger partial charge on any atom is -0.482 e. The van der Waals surface area contributed by atoms with E-state index < -0.39 is 5.54 Å². The Balaban J connectivity index is 1.89. The first-order valence-electron chi connectivity index (χ1n) is 7.04. The number of halogens is 2. The van der Waals surface area contributed by atoms with Crippen molar-refractivity contribution < 1.29 is 14.6 Å². The lowest BCUT2D eigenvalue weighted by Gasteiger charge is -2.36. The number of benzene rings is 1. The maximum absolute atomic E-state index is 12.0. The zero-order valence-corrected chi connectivity index (χ0v) is 13.2. The van der Waals surface area contributed by atoms with E-state index in [0.29, 0.717) is 15.8 Å². The lowest BCUT2D eigenvalue weighted by Crippen LogP contribution is -2.53. The van der Waals surface area contributed by atoms with Gasteiger partial charge in [0, 0.05) is 5.02 Å². The van der Waals surface area contributed by atoms with Gasteiger partial charge in [-0.3, -0.25) is 4.79 Å². The summed E-state index contributed by atoms with van der Waals surface area (Å²) in [5.74, 6) is 0.162. The average Bonchev–Trinajstić information content (AvgIpc) is 2.47. The summed E-state index contributed by atoms with van der Waals surface area (Å²) in [6.07, 6.45) is 4.79. The quantitative estimate of drug-likeness (QED) is 0.871. The fourth-order valence-corrected chi connectivity index (χ4v) is 3.08. The van der Waals surface area contributed by atoms with Crippen molar-refractivity contribution in [2.75, 3.05) is 13.2 Å². The van der Waals surface area contributed by atoms with Crippen LogP contribution in [-0.2, 0) is 4.79 Å². The van der Waals surface area contributed by atoms with Crippen molar-refractivity contribution in [1.29, 1.82) is 0 Å². The van der Waals surface area contributed by atoms with Crippen molar-refractivity contribution in [3.63, 3.8) is 0 Å². The maximum Gasteiger partial charge on any atom is 0.258 e. The normalized spacial score (nSPS) is 17.3. The van der Waals surface area contributed by atoms with Crippen molar-refractivity contribution in [2.45, 2.75) is 37.6 Å². The summed E-state index contributed by atoms with van der Waals surface area (Å²) < 4.78 is 5.40. The van der Waals surface area contributed by atoms with E-state index in [1.165, 1.54) is 0 Å². The number of aliphatic hydroxyl groups excluding tert-OH is 1. The molecule has 1 aliphatic rings. The summed E-state index contributed by atoms with van der Waals surface area (Å²) in [4.78, 5) is 12.0. The first-order chi connectivity index (χ1) is 10.0. The Morgan fingerprint density at radius 1 is 1.29 bits per heavy atom. The van der Waals surface area contributed by atoms with Crippen LogP contribution in [0.2, 0.25) is 10.0 Å². The third-order valence-electron chi connectivity index (χ3n) is 3.77. The van der Waals surface area contributed by atoms with Crippen LogP contribution in [0.5, 0.6) is 5.75 Å². The number of amides is 1. The van der Waals surface area contributed by atoms with Gasteiger partial charge in [-0.25, -0.2) is 0 Å². The molecule has 2 N–H and O–H groups in total. The molecule has 4 nitrogen and oxygen atoms in total. The van der Waals surface area contributed by atoms with E-state index in [9.17, 15) is 9.90 Å². The molecule has 1 fully saturated rings. The van der Waals surface area contributed by atoms with Gasteiger partial charge in [-0.2, -0.15) is 0 Å². The van der Waals surface area contributed by atoms with Crippen molar-refractivity contribution >= 4 is 29.1 Å². The lowest BCUT2D eigenvalue weighted by atomic mass is 9.82. The molecule has 0 atom stereocenters. The number of nitrogens with one attached hydrogen (secondary N) is 1. The molecule has 1 aromatic carbocycles. The predicted molar refractivity (Wildman–Crippen MR) is 83.0 cm³/mol. The largest absolute Gasteiger partial charge is 0.482 e. The highest BCUT2D eigenvalue weighted by Gasteiger charge is 2.32. The number of rotatable bonds is 5. The molecule has 116 valence electrons. The van der Waals surface area contributed by atoms with Gasteiger partial charge in [0.1, 0.15) is 5.75 Å². The SMILES string of the molecule is O=C(COc1ccc(Cl)cc1Cl)NC1(CO)CCCCC1. The Labute approximate surface area is 134 Å². The van der Waals surface area contributed by atoms with Gasteiger partial charge in [-0.1, -0.05) is 42.5 Å². The lowest BCUT2D eigenvalue weighted by molar-refractivity contribution is -0.126. The molecule has 0 aliphatic heterocycles. The van der Waals surface area contributed by atoms with Crippen LogP contribution in [0, 0.1) is 0 Å². The molecule has 1 aromatic rings. The summed E-state index contributed by atoms with van der Waals surface area (Å²) >= 11 is 11.8. The Kier molecular flexibility index (Phi) is 5.73. The smallest absolute Gasteiger partial charge is 0.258 e. The highest BCUT2D eigenvalue weighted by atomic mass is 35.5. The van der Waals surface area contributed by atoms with Crippen LogP contribution in [0.15, 0.2) is 18.2 Å². The fourth-order valence-electron chi connectivity index (χ4n) is 2.62. The molecule has 1 aliphatic carbocycles. The Morgan fingerprint density at radius 2 is 2.00 bits per heavy atom. The van der Waals surface area contributed by atoms with Gasteiger partial charge in [-0.05, 0) is 31.0 Å². The van der Waals surface area contributed by atoms with Gasteiger partial charge < -0.3 is 15.2 Å². The van der Waals surface area contributed by atoms with Gasteiger partial charge in [0.2, 0.25) is 0 Å². The molecule has 0 aromatic heterocycles. The Morgan fingerprint density at radius 3 is 2.62 bits per heavy atom. The predicted octanol–water partition coefficient (Wildman–Crippen LogP) is 3.18. The van der Waals surface area contributed by atoms with Gasteiger partial charge in [0.15, 0.2) is 6.61 Å². The van der Waals surface area contributed by atoms with E-state index in [0.717, 1.165) is 32.1 Å². The molecule has 0 saturated heterocycles. The third-order valence-corrected chi connectivity index (χ3v) is 4.30. The molecule has 0 heterocycles. The standard InChI is InChI=1S/C15H19Cl2NO3/c16-11-4-5-13(12(17)8-11)21-9-14(20)18-15(10-19)6-2-1-3-7-15/h4-5,8,19H,1-3,6-7,9-10H2,(H,18,20). The van der Waals surface area contributed by atoms with E-state index in [1.54, 1.807) is 18.2 Å². The molecule has 6 heteroatoms. The van der Waals surface area contributed by atoms with Crippen molar-refractivity contribution in [3.05, 3.63) is 28.2 Å². The van der Waals surface area contributed by atoms with E-state index >= 15 is 0 Å². The van der Waals surface area contributed by atoms with Crippen molar-refractivity contribution in [3.8, 4) is 5.75 Å². The number of carbonyl (C=O) groups excluding carboxylic acids is 1. The van der Waals surface area contributed by atoms with Gasteiger partial charge in [-0.15, -0.1) is 0 Å². The summed E-state index contributed by atoms with van der Waals surface area (Å²) in [6, 6.07) is 4.84. The zero-order valence-electron chi connectivity index (χ0n) is 11.7. The highest BCUT2D eigenvalue weighted by Crippen LogP contribution is 2.29. The van der Waals surface area contributed by atoms with Crippen LogP contribution in [0.3, 0.4) is 0 Å². The fraction of sp³-hybridized carbons (Fsp3) is 0.533. The van der Waals surface area contributed by atoms with E-state index in [-0.39, 0.29) is 19.1 Å². The second-order valence-electron chi connectivity index (χ2n) is 5.41. The maximum atomic E-state index is 12.0. The number of carbonyl (C=O) groups is 1. The van der Waals surface area contributed by atoms with Gasteiger partial charge in [0.25, 0.3) is 5.91 Å². The van der Waals surface area contributed by atoms with Crippen LogP contribution >= 0.6 is 23.2 Å². The van der Waals surface area contributed by atoms with Crippen LogP contribution in [0.4, 0.5) is 0 Å². The molecule has 0 spiro atoms. The van der Waals surface area contributed by atoms with Gasteiger partial charge in [0.05, 0.1) is 17.2 Å². The van der Waals surface area contributed by atoms with Crippen LogP contribution < -0.4 is 10.1 Å². The summed E-state index contributed by atoms with van der Waals surface area (Å²) in [6.45, 7) is -0.177. The third kappa shape index (κ3) is 4.50. The Hall–Kier alpha value is -0.970. The van der Waals surface area contributed by atoms with Crippen LogP contribution in [-0.4, -0.2) is 29.8 Å². The second-order valence-corrected chi connectivity index (χ2v) is 6.25. The van der Waals surface area contributed by atoms with Crippen LogP contribution in [0.25, 0.3) is 0 Å². The van der Waals surface area contributed by atoms with Crippen LogP contribution in [0.1, 0.15) is 32.1 Å². The van der Waals surface area contributed by atoms with E-state index in [4.69, 9.17) is 27.9 Å². The zero-order chi connectivity index (χ0) is 15.3. The molecule has 0 radical (unpaired) electrons. The van der Waals surface area contributed by atoms with Crippen molar-refractivity contribution in [2.24, 2.45) is 0 Å². The molecule has 1 saturated carbocycles. The monoisotopic (exact) mass is 331 g/mol. The first kappa shape index (κ1) is 16.4. The molecule has 21 heavy (non-hydrogen) atoms. The molecular formula is C15H19Cl2NO3. The van der Waals surface area contributed by atoms with Crippen molar-refractivity contribution in [1.82, 2.24) is 5.32 Å². The molecular weight excluding hydrogens is 313 g/mol. The van der Waals surface area contributed by atoms with Gasteiger partial charge >= 0.3 is 0 Å². The summed E-state index contributed by atoms with van der Waals surface area (Å²) in [7, 11) is 0. The molecule has 0 bridgehead atoms. The second kappa shape index (κ2) is 7.34. The molecule has 1 amide bonds. The molecule has 0 unspecified atom stereocenters. The summed E-state index contributed by atoms with van der Waals surface area (Å²) in [5, 5.41) is 13.3. The first-order valence-corrected chi connectivity index (χ1v) is 7.80. The number of hydrogen-bond acceptors (Lipinski definition) is 3.